The van der Waals surface area contributed by atoms with E-state index in [-0.39, 0.29) is 17.9 Å². The molecule has 0 radical (unpaired) electrons. The molecule has 1 fully saturated rings. The Balaban J connectivity index is 1.42. The highest BCUT2D eigenvalue weighted by molar-refractivity contribution is 7.13. The van der Waals surface area contributed by atoms with Crippen LogP contribution in [0.15, 0.2) is 28.0 Å². The molecule has 0 aliphatic carbocycles. The SMILES string of the molecule is Cc1csc(N2CCCN(C(=O)NC(C)c3oc4ccc(F)cc4c3C)CC2)n1. The number of nitrogens with one attached hydrogen (secondary N) is 1. The fourth-order valence-electron chi connectivity index (χ4n) is 3.77. The first-order valence-corrected chi connectivity index (χ1v) is 10.7. The average Bonchev–Trinajstić information content (AvgIpc) is 3.16. The minimum atomic E-state index is -0.307. The molecule has 6 nitrogen and oxygen atoms in total. The van der Waals surface area contributed by atoms with Crippen LogP contribution in [0.1, 0.15) is 36.4 Å². The zero-order valence-electron chi connectivity index (χ0n) is 16.9. The minimum Gasteiger partial charge on any atom is -0.459 e. The molecule has 154 valence electrons. The van der Waals surface area contributed by atoms with Crippen LogP contribution in [0.5, 0.6) is 0 Å². The molecule has 1 aliphatic heterocycles. The first-order valence-electron chi connectivity index (χ1n) is 9.83. The normalized spacial score (nSPS) is 16.1. The number of benzene rings is 1. The maximum Gasteiger partial charge on any atom is 0.318 e. The second-order valence-corrected chi connectivity index (χ2v) is 8.34. The molecular formula is C21H25FN4O2S. The van der Waals surface area contributed by atoms with Gasteiger partial charge in [-0.25, -0.2) is 14.2 Å². The monoisotopic (exact) mass is 416 g/mol. The predicted octanol–water partition coefficient (Wildman–Crippen LogP) is 4.63. The molecule has 2 aromatic heterocycles. The Morgan fingerprint density at radius 1 is 1.28 bits per heavy atom. The third-order valence-corrected chi connectivity index (χ3v) is 6.35. The van der Waals surface area contributed by atoms with Crippen molar-refractivity contribution in [1.82, 2.24) is 15.2 Å². The zero-order chi connectivity index (χ0) is 20.5. The van der Waals surface area contributed by atoms with E-state index in [0.717, 1.165) is 41.3 Å². The van der Waals surface area contributed by atoms with E-state index in [4.69, 9.17) is 4.42 Å². The number of aromatic nitrogens is 1. The fraction of sp³-hybridized carbons (Fsp3) is 0.429. The molecule has 3 aromatic rings. The lowest BCUT2D eigenvalue weighted by molar-refractivity contribution is 0.196. The zero-order valence-corrected chi connectivity index (χ0v) is 17.7. The van der Waals surface area contributed by atoms with E-state index in [1.165, 1.54) is 12.1 Å². The highest BCUT2D eigenvalue weighted by Crippen LogP contribution is 2.30. The van der Waals surface area contributed by atoms with Crippen molar-refractivity contribution in [2.45, 2.75) is 33.2 Å². The van der Waals surface area contributed by atoms with Crippen molar-refractivity contribution in [3.05, 3.63) is 46.4 Å². The first kappa shape index (κ1) is 19.7. The second kappa shape index (κ2) is 8.02. The lowest BCUT2D eigenvalue weighted by atomic mass is 10.1. The third-order valence-electron chi connectivity index (χ3n) is 5.33. The topological polar surface area (TPSA) is 61.6 Å². The number of amides is 2. The number of fused-ring (bicyclic) bond motifs is 1. The van der Waals surface area contributed by atoms with Gasteiger partial charge in [-0.3, -0.25) is 0 Å². The maximum atomic E-state index is 13.5. The van der Waals surface area contributed by atoms with Crippen LogP contribution in [-0.4, -0.2) is 42.1 Å². The van der Waals surface area contributed by atoms with Gasteiger partial charge in [0.15, 0.2) is 5.13 Å². The summed E-state index contributed by atoms with van der Waals surface area (Å²) in [6, 6.07) is 4.06. The van der Waals surface area contributed by atoms with Crippen LogP contribution >= 0.6 is 11.3 Å². The number of carbonyl (C=O) groups excluding carboxylic acids is 1. The number of nitrogens with zero attached hydrogens (tertiary/aromatic N) is 3. The molecule has 1 saturated heterocycles. The van der Waals surface area contributed by atoms with E-state index in [2.05, 4.69) is 15.2 Å². The van der Waals surface area contributed by atoms with Crippen molar-refractivity contribution in [3.8, 4) is 0 Å². The van der Waals surface area contributed by atoms with E-state index in [9.17, 15) is 9.18 Å². The van der Waals surface area contributed by atoms with Crippen LogP contribution in [0.4, 0.5) is 14.3 Å². The van der Waals surface area contributed by atoms with Gasteiger partial charge in [0.2, 0.25) is 0 Å². The number of carbonyl (C=O) groups is 1. The Labute approximate surface area is 173 Å². The van der Waals surface area contributed by atoms with Crippen LogP contribution in [0, 0.1) is 19.7 Å². The maximum absolute atomic E-state index is 13.5. The molecule has 1 N–H and O–H groups in total. The van der Waals surface area contributed by atoms with Gasteiger partial charge < -0.3 is 19.5 Å². The number of hydrogen-bond acceptors (Lipinski definition) is 5. The lowest BCUT2D eigenvalue weighted by Gasteiger charge is -2.24. The Bertz CT molecular complexity index is 1030. The first-order chi connectivity index (χ1) is 13.9. The van der Waals surface area contributed by atoms with Crippen LogP contribution in [-0.2, 0) is 0 Å². The molecule has 2 amide bonds. The molecule has 1 aliphatic rings. The summed E-state index contributed by atoms with van der Waals surface area (Å²) in [5.41, 5.74) is 2.51. The number of halogens is 1. The quantitative estimate of drug-likeness (QED) is 0.676. The number of thiazole rings is 1. The smallest absolute Gasteiger partial charge is 0.318 e. The van der Waals surface area contributed by atoms with Crippen molar-refractivity contribution in [1.29, 1.82) is 0 Å². The predicted molar refractivity (Wildman–Crippen MR) is 113 cm³/mol. The van der Waals surface area contributed by atoms with Crippen LogP contribution in [0.25, 0.3) is 11.0 Å². The van der Waals surface area contributed by atoms with Gasteiger partial charge in [0.1, 0.15) is 17.2 Å². The lowest BCUT2D eigenvalue weighted by Crippen LogP contribution is -2.43. The summed E-state index contributed by atoms with van der Waals surface area (Å²) < 4.78 is 19.4. The Hall–Kier alpha value is -2.61. The molecular weight excluding hydrogens is 391 g/mol. The number of urea groups is 1. The number of hydrogen-bond donors (Lipinski definition) is 1. The third kappa shape index (κ3) is 4.07. The van der Waals surface area contributed by atoms with E-state index in [0.29, 0.717) is 24.4 Å². The van der Waals surface area contributed by atoms with Crippen molar-refractivity contribution in [2.75, 3.05) is 31.1 Å². The van der Waals surface area contributed by atoms with Gasteiger partial charge in [0.05, 0.1) is 11.7 Å². The van der Waals surface area contributed by atoms with E-state index < -0.39 is 0 Å². The van der Waals surface area contributed by atoms with Crippen LogP contribution < -0.4 is 10.2 Å². The molecule has 0 spiro atoms. The standard InChI is InChI=1S/C21H25FN4O2S/c1-13-12-29-21(23-13)26-8-4-7-25(9-10-26)20(27)24-15(3)19-14(2)17-11-16(22)5-6-18(17)28-19/h5-6,11-12,15H,4,7-10H2,1-3H3,(H,24,27). The van der Waals surface area contributed by atoms with Crippen molar-refractivity contribution >= 4 is 33.5 Å². The van der Waals surface area contributed by atoms with Crippen molar-refractivity contribution in [2.24, 2.45) is 0 Å². The molecule has 3 heterocycles. The average molecular weight is 417 g/mol. The summed E-state index contributed by atoms with van der Waals surface area (Å²) >= 11 is 1.64. The fourth-order valence-corrected chi connectivity index (χ4v) is 4.62. The highest BCUT2D eigenvalue weighted by atomic mass is 32.1. The number of aryl methyl sites for hydroxylation is 2. The summed E-state index contributed by atoms with van der Waals surface area (Å²) in [5.74, 6) is 0.364. The summed E-state index contributed by atoms with van der Waals surface area (Å²) in [7, 11) is 0. The molecule has 29 heavy (non-hydrogen) atoms. The second-order valence-electron chi connectivity index (χ2n) is 7.50. The molecule has 4 rings (SSSR count). The van der Waals surface area contributed by atoms with E-state index in [1.54, 1.807) is 17.4 Å². The van der Waals surface area contributed by atoms with Gasteiger partial charge in [-0.15, -0.1) is 11.3 Å². The minimum absolute atomic E-state index is 0.110. The summed E-state index contributed by atoms with van der Waals surface area (Å²) in [4.78, 5) is 21.5. The van der Waals surface area contributed by atoms with Gasteiger partial charge in [0.25, 0.3) is 0 Å². The summed E-state index contributed by atoms with van der Waals surface area (Å²) in [6.45, 7) is 8.77. The number of anilines is 1. The van der Waals surface area contributed by atoms with Gasteiger partial charge in [-0.2, -0.15) is 0 Å². The van der Waals surface area contributed by atoms with Gasteiger partial charge in [-0.1, -0.05) is 0 Å². The molecule has 1 unspecified atom stereocenters. The molecule has 0 bridgehead atoms. The Morgan fingerprint density at radius 3 is 2.86 bits per heavy atom. The van der Waals surface area contributed by atoms with Crippen molar-refractivity contribution < 1.29 is 13.6 Å². The summed E-state index contributed by atoms with van der Waals surface area (Å²) in [6.07, 6.45) is 0.892. The molecule has 1 aromatic carbocycles. The van der Waals surface area contributed by atoms with E-state index in [1.807, 2.05) is 31.1 Å². The van der Waals surface area contributed by atoms with E-state index >= 15 is 0 Å². The molecule has 8 heteroatoms. The highest BCUT2D eigenvalue weighted by Gasteiger charge is 2.24. The van der Waals surface area contributed by atoms with Gasteiger partial charge in [0, 0.05) is 42.5 Å². The largest absolute Gasteiger partial charge is 0.459 e. The molecule has 0 saturated carbocycles. The summed E-state index contributed by atoms with van der Waals surface area (Å²) in [5, 5.41) is 6.84. The van der Waals surface area contributed by atoms with Crippen LogP contribution in [0.2, 0.25) is 0 Å². The van der Waals surface area contributed by atoms with Gasteiger partial charge >= 0.3 is 6.03 Å². The van der Waals surface area contributed by atoms with Crippen LogP contribution in [0.3, 0.4) is 0 Å². The Morgan fingerprint density at radius 2 is 2.10 bits per heavy atom. The van der Waals surface area contributed by atoms with Gasteiger partial charge in [-0.05, 0) is 45.4 Å². The Kier molecular flexibility index (Phi) is 5.45. The van der Waals surface area contributed by atoms with Crippen molar-refractivity contribution in [3.63, 3.8) is 0 Å². The molecule has 1 atom stereocenters. The number of furan rings is 1. The number of rotatable bonds is 3.